The van der Waals surface area contributed by atoms with E-state index in [1.165, 1.54) is 58.0 Å². The zero-order valence-electron chi connectivity index (χ0n) is 11.9. The first-order chi connectivity index (χ1) is 8.08. The van der Waals surface area contributed by atoms with E-state index in [-0.39, 0.29) is 0 Å². The van der Waals surface area contributed by atoms with E-state index in [4.69, 9.17) is 0 Å². The van der Waals surface area contributed by atoms with Crippen molar-refractivity contribution in [1.29, 1.82) is 0 Å². The van der Waals surface area contributed by atoms with Crippen molar-refractivity contribution in [2.24, 2.45) is 10.8 Å². The summed E-state index contributed by atoms with van der Waals surface area (Å²) in [6.45, 7) is 9.50. The highest BCUT2D eigenvalue weighted by atomic mass is 14.9. The summed E-state index contributed by atoms with van der Waals surface area (Å²) in [5.74, 6) is 0. The molecule has 1 saturated carbocycles. The van der Waals surface area contributed by atoms with Gasteiger partial charge in [-0.2, -0.15) is 0 Å². The van der Waals surface area contributed by atoms with Crippen LogP contribution in [-0.2, 0) is 0 Å². The number of hydrogen-bond donors (Lipinski definition) is 1. The lowest BCUT2D eigenvalue weighted by Crippen LogP contribution is -2.50. The van der Waals surface area contributed by atoms with Gasteiger partial charge in [-0.05, 0) is 56.9 Å². The molecule has 0 unspecified atom stereocenters. The summed E-state index contributed by atoms with van der Waals surface area (Å²) in [6, 6.07) is 0. The first kappa shape index (κ1) is 13.1. The van der Waals surface area contributed by atoms with Crippen LogP contribution in [0.15, 0.2) is 11.6 Å². The molecular weight excluding hydrogens is 206 g/mol. The van der Waals surface area contributed by atoms with Gasteiger partial charge in [0.1, 0.15) is 0 Å². The van der Waals surface area contributed by atoms with Crippen molar-refractivity contribution < 1.29 is 0 Å². The highest BCUT2D eigenvalue weighted by molar-refractivity contribution is 5.23. The van der Waals surface area contributed by atoms with E-state index in [2.05, 4.69) is 32.2 Å². The van der Waals surface area contributed by atoms with Crippen LogP contribution in [0.5, 0.6) is 0 Å². The van der Waals surface area contributed by atoms with Gasteiger partial charge in [-0.25, -0.2) is 0 Å². The minimum absolute atomic E-state index is 0.527. The van der Waals surface area contributed by atoms with E-state index in [0.717, 1.165) is 0 Å². The van der Waals surface area contributed by atoms with E-state index in [9.17, 15) is 0 Å². The van der Waals surface area contributed by atoms with Gasteiger partial charge in [0, 0.05) is 12.0 Å². The lowest BCUT2D eigenvalue weighted by Gasteiger charge is -2.55. The minimum Gasteiger partial charge on any atom is -0.316 e. The summed E-state index contributed by atoms with van der Waals surface area (Å²) >= 11 is 0. The van der Waals surface area contributed by atoms with Gasteiger partial charge in [0.05, 0.1) is 0 Å². The molecule has 98 valence electrons. The van der Waals surface area contributed by atoms with E-state index < -0.39 is 0 Å². The molecule has 0 aromatic rings. The van der Waals surface area contributed by atoms with Crippen molar-refractivity contribution in [3.05, 3.63) is 11.6 Å². The Morgan fingerprint density at radius 1 is 1.24 bits per heavy atom. The Balaban J connectivity index is 2.01. The van der Waals surface area contributed by atoms with Crippen molar-refractivity contribution in [3.63, 3.8) is 0 Å². The van der Waals surface area contributed by atoms with Crippen LogP contribution in [-0.4, -0.2) is 13.1 Å². The molecule has 1 fully saturated rings. The van der Waals surface area contributed by atoms with Crippen LogP contribution < -0.4 is 5.32 Å². The summed E-state index contributed by atoms with van der Waals surface area (Å²) in [5, 5.41) is 3.67. The summed E-state index contributed by atoms with van der Waals surface area (Å²) in [4.78, 5) is 0. The van der Waals surface area contributed by atoms with Crippen molar-refractivity contribution in [2.75, 3.05) is 13.1 Å². The Morgan fingerprint density at radius 3 is 2.53 bits per heavy atom. The molecule has 2 rings (SSSR count). The fourth-order valence-electron chi connectivity index (χ4n) is 4.07. The van der Waals surface area contributed by atoms with Crippen LogP contribution in [0, 0.1) is 10.8 Å². The Hall–Kier alpha value is -0.300. The number of allylic oxidation sites excluding steroid dienone is 1. The average Bonchev–Trinajstić information content (AvgIpc) is 2.28. The molecule has 0 atom stereocenters. The predicted octanol–water partition coefficient (Wildman–Crippen LogP) is 4.29. The van der Waals surface area contributed by atoms with Crippen molar-refractivity contribution in [3.8, 4) is 0 Å². The standard InChI is InChI=1S/C16H29N/c1-4-10-17-13-16(11-15(2,3)12-16)14-8-6-5-7-9-14/h8,17H,4-7,9-13H2,1-3H3. The third kappa shape index (κ3) is 2.93. The van der Waals surface area contributed by atoms with Crippen molar-refractivity contribution >= 4 is 0 Å². The molecule has 0 aromatic carbocycles. The summed E-state index contributed by atoms with van der Waals surface area (Å²) in [7, 11) is 0. The Bertz CT molecular complexity index is 280. The summed E-state index contributed by atoms with van der Waals surface area (Å²) in [6.07, 6.45) is 12.1. The fourth-order valence-corrected chi connectivity index (χ4v) is 4.07. The van der Waals surface area contributed by atoms with Gasteiger partial charge >= 0.3 is 0 Å². The van der Waals surface area contributed by atoms with Gasteiger partial charge in [0.25, 0.3) is 0 Å². The second kappa shape index (κ2) is 5.14. The topological polar surface area (TPSA) is 12.0 Å². The maximum absolute atomic E-state index is 3.67. The molecular formula is C16H29N. The van der Waals surface area contributed by atoms with Crippen LogP contribution in [0.25, 0.3) is 0 Å². The maximum Gasteiger partial charge on any atom is 0.00468 e. The number of rotatable bonds is 5. The molecule has 1 N–H and O–H groups in total. The molecule has 0 heterocycles. The Labute approximate surface area is 107 Å². The maximum atomic E-state index is 3.67. The molecule has 0 aliphatic heterocycles. The molecule has 2 aliphatic carbocycles. The quantitative estimate of drug-likeness (QED) is 0.553. The first-order valence-electron chi connectivity index (χ1n) is 7.48. The van der Waals surface area contributed by atoms with E-state index in [1.54, 1.807) is 5.57 Å². The van der Waals surface area contributed by atoms with Gasteiger partial charge in [-0.15, -0.1) is 0 Å². The van der Waals surface area contributed by atoms with Crippen molar-refractivity contribution in [2.45, 2.75) is 65.7 Å². The predicted molar refractivity (Wildman–Crippen MR) is 75.2 cm³/mol. The number of nitrogens with one attached hydrogen (secondary N) is 1. The van der Waals surface area contributed by atoms with Gasteiger partial charge in [-0.1, -0.05) is 32.4 Å². The molecule has 2 aliphatic rings. The first-order valence-corrected chi connectivity index (χ1v) is 7.48. The summed E-state index contributed by atoms with van der Waals surface area (Å²) in [5.41, 5.74) is 2.89. The second-order valence-electron chi connectivity index (χ2n) is 6.95. The largest absolute Gasteiger partial charge is 0.316 e. The fraction of sp³-hybridized carbons (Fsp3) is 0.875. The second-order valence-corrected chi connectivity index (χ2v) is 6.95. The molecule has 0 amide bonds. The number of hydrogen-bond acceptors (Lipinski definition) is 1. The molecule has 0 bridgehead atoms. The van der Waals surface area contributed by atoms with Crippen LogP contribution in [0.3, 0.4) is 0 Å². The zero-order chi connectivity index (χ0) is 12.4. The van der Waals surface area contributed by atoms with E-state index >= 15 is 0 Å². The molecule has 0 radical (unpaired) electrons. The Morgan fingerprint density at radius 2 is 2.00 bits per heavy atom. The lowest BCUT2D eigenvalue weighted by atomic mass is 9.50. The van der Waals surface area contributed by atoms with Crippen LogP contribution in [0.1, 0.15) is 65.7 Å². The third-order valence-corrected chi connectivity index (χ3v) is 4.50. The highest BCUT2D eigenvalue weighted by Gasteiger charge is 2.50. The normalized spacial score (nSPS) is 26.2. The van der Waals surface area contributed by atoms with Crippen molar-refractivity contribution in [1.82, 2.24) is 5.32 Å². The minimum atomic E-state index is 0.527. The lowest BCUT2D eigenvalue weighted by molar-refractivity contribution is 0.0157. The summed E-state index contributed by atoms with van der Waals surface area (Å²) < 4.78 is 0. The van der Waals surface area contributed by atoms with E-state index in [1.807, 2.05) is 0 Å². The van der Waals surface area contributed by atoms with Crippen LogP contribution >= 0.6 is 0 Å². The zero-order valence-corrected chi connectivity index (χ0v) is 11.9. The highest BCUT2D eigenvalue weighted by Crippen LogP contribution is 2.59. The van der Waals surface area contributed by atoms with Gasteiger partial charge in [0.15, 0.2) is 0 Å². The van der Waals surface area contributed by atoms with Crippen LogP contribution in [0.2, 0.25) is 0 Å². The van der Waals surface area contributed by atoms with Gasteiger partial charge in [0.2, 0.25) is 0 Å². The smallest absolute Gasteiger partial charge is 0.00468 e. The van der Waals surface area contributed by atoms with Gasteiger partial charge in [-0.3, -0.25) is 0 Å². The average molecular weight is 235 g/mol. The van der Waals surface area contributed by atoms with Gasteiger partial charge < -0.3 is 5.32 Å². The SMILES string of the molecule is CCCNCC1(C2=CCCCC2)CC(C)(C)C1. The molecule has 0 aromatic heterocycles. The third-order valence-electron chi connectivity index (χ3n) is 4.50. The molecule has 1 nitrogen and oxygen atoms in total. The Kier molecular flexibility index (Phi) is 3.97. The molecule has 17 heavy (non-hydrogen) atoms. The van der Waals surface area contributed by atoms with Crippen LogP contribution in [0.4, 0.5) is 0 Å². The molecule has 0 saturated heterocycles. The van der Waals surface area contributed by atoms with E-state index in [0.29, 0.717) is 10.8 Å². The molecule has 0 spiro atoms. The monoisotopic (exact) mass is 235 g/mol. The molecule has 1 heteroatoms.